The second kappa shape index (κ2) is 6.03. The third-order valence-electron chi connectivity index (χ3n) is 3.45. The van der Waals surface area contributed by atoms with E-state index in [0.29, 0.717) is 6.54 Å². The van der Waals surface area contributed by atoms with Gasteiger partial charge in [-0.3, -0.25) is 4.79 Å². The number of anilines is 1. The molecule has 1 fully saturated rings. The van der Waals surface area contributed by atoms with Crippen LogP contribution in [-0.2, 0) is 14.6 Å². The average Bonchev–Trinajstić information content (AvgIpc) is 2.88. The first-order valence-corrected chi connectivity index (χ1v) is 8.64. The fourth-order valence-corrected chi connectivity index (χ4v) is 3.05. The fraction of sp³-hybridized carbons (Fsp3) is 0.500. The quantitative estimate of drug-likeness (QED) is 0.835. The molecule has 0 spiro atoms. The van der Waals surface area contributed by atoms with Crippen molar-refractivity contribution in [2.24, 2.45) is 0 Å². The molecule has 2 N–H and O–H groups in total. The number of ether oxygens (including phenoxy) is 1. The number of nitrogens with zero attached hydrogens (tertiary/aromatic N) is 1. The van der Waals surface area contributed by atoms with E-state index in [9.17, 15) is 13.2 Å². The maximum absolute atomic E-state index is 12.4. The van der Waals surface area contributed by atoms with Crippen LogP contribution in [0.2, 0.25) is 0 Å². The van der Waals surface area contributed by atoms with Crippen molar-refractivity contribution in [3.8, 4) is 0 Å². The van der Waals surface area contributed by atoms with Crippen molar-refractivity contribution in [2.45, 2.75) is 23.8 Å². The summed E-state index contributed by atoms with van der Waals surface area (Å²) in [5.41, 5.74) is 6.23. The van der Waals surface area contributed by atoms with Gasteiger partial charge in [-0.15, -0.1) is 0 Å². The van der Waals surface area contributed by atoms with Crippen LogP contribution in [0.25, 0.3) is 0 Å². The third kappa shape index (κ3) is 3.95. The Balaban J connectivity index is 2.20. The standard InChI is InChI=1S/C14H20N2O4S/c1-16(9-12-4-3-5-20-12)14(17)10-6-11(15)8-13(7-10)21(2,18)19/h6-8,12H,3-5,9,15H2,1-2H3. The van der Waals surface area contributed by atoms with Crippen molar-refractivity contribution in [2.75, 3.05) is 32.2 Å². The lowest BCUT2D eigenvalue weighted by molar-refractivity contribution is 0.0587. The number of carbonyl (C=O) groups is 1. The number of carbonyl (C=O) groups excluding carboxylic acids is 1. The minimum absolute atomic E-state index is 0.0504. The molecule has 1 aliphatic heterocycles. The number of rotatable bonds is 4. The van der Waals surface area contributed by atoms with Crippen LogP contribution >= 0.6 is 0 Å². The van der Waals surface area contributed by atoms with Gasteiger partial charge in [-0.1, -0.05) is 0 Å². The molecule has 0 saturated carbocycles. The molecule has 1 aromatic carbocycles. The van der Waals surface area contributed by atoms with Crippen LogP contribution in [0, 0.1) is 0 Å². The number of likely N-dealkylation sites (N-methyl/N-ethyl adjacent to an activating group) is 1. The predicted octanol–water partition coefficient (Wildman–Crippen LogP) is 0.923. The van der Waals surface area contributed by atoms with Crippen molar-refractivity contribution in [3.05, 3.63) is 23.8 Å². The van der Waals surface area contributed by atoms with Crippen LogP contribution in [-0.4, -0.2) is 51.8 Å². The van der Waals surface area contributed by atoms with Crippen molar-refractivity contribution >= 4 is 21.4 Å². The summed E-state index contributed by atoms with van der Waals surface area (Å²) in [4.78, 5) is 14.0. The van der Waals surface area contributed by atoms with Crippen molar-refractivity contribution in [1.82, 2.24) is 4.90 Å². The summed E-state index contributed by atoms with van der Waals surface area (Å²) in [5, 5.41) is 0. The number of nitrogen functional groups attached to an aromatic ring is 1. The highest BCUT2D eigenvalue weighted by atomic mass is 32.2. The summed E-state index contributed by atoms with van der Waals surface area (Å²) in [6.45, 7) is 1.21. The molecule has 1 heterocycles. The topological polar surface area (TPSA) is 89.7 Å². The minimum atomic E-state index is -3.40. The molecule has 21 heavy (non-hydrogen) atoms. The van der Waals surface area contributed by atoms with Crippen molar-refractivity contribution in [3.63, 3.8) is 0 Å². The Labute approximate surface area is 124 Å². The number of hydrogen-bond acceptors (Lipinski definition) is 5. The normalized spacial score (nSPS) is 18.7. The Morgan fingerprint density at radius 1 is 1.43 bits per heavy atom. The van der Waals surface area contributed by atoms with Gasteiger partial charge in [-0.25, -0.2) is 8.42 Å². The lowest BCUT2D eigenvalue weighted by Crippen LogP contribution is -2.34. The van der Waals surface area contributed by atoms with E-state index in [2.05, 4.69) is 0 Å². The van der Waals surface area contributed by atoms with E-state index < -0.39 is 9.84 Å². The Morgan fingerprint density at radius 2 is 2.14 bits per heavy atom. The maximum Gasteiger partial charge on any atom is 0.253 e. The van der Waals surface area contributed by atoms with Gasteiger partial charge in [-0.2, -0.15) is 0 Å². The fourth-order valence-electron chi connectivity index (χ4n) is 2.36. The summed E-state index contributed by atoms with van der Waals surface area (Å²) >= 11 is 0. The van der Waals surface area contributed by atoms with E-state index in [1.807, 2.05) is 0 Å². The zero-order valence-corrected chi connectivity index (χ0v) is 13.0. The van der Waals surface area contributed by atoms with Crippen LogP contribution in [0.15, 0.2) is 23.1 Å². The summed E-state index contributed by atoms with van der Waals surface area (Å²) in [6.07, 6.45) is 3.08. The van der Waals surface area contributed by atoms with Crippen LogP contribution in [0.5, 0.6) is 0 Å². The van der Waals surface area contributed by atoms with Gasteiger partial charge in [0.25, 0.3) is 5.91 Å². The molecule has 1 aromatic rings. The van der Waals surface area contributed by atoms with E-state index >= 15 is 0 Å². The summed E-state index contributed by atoms with van der Waals surface area (Å²) in [7, 11) is -1.73. The highest BCUT2D eigenvalue weighted by Gasteiger charge is 2.22. The number of nitrogens with two attached hydrogens (primary N) is 1. The smallest absolute Gasteiger partial charge is 0.253 e. The first-order valence-electron chi connectivity index (χ1n) is 6.75. The zero-order valence-electron chi connectivity index (χ0n) is 12.2. The molecule has 0 aliphatic carbocycles. The third-order valence-corrected chi connectivity index (χ3v) is 4.54. The molecular formula is C14H20N2O4S. The second-order valence-corrected chi connectivity index (χ2v) is 7.40. The molecule has 0 aromatic heterocycles. The molecule has 1 amide bonds. The van der Waals surface area contributed by atoms with E-state index in [-0.39, 0.29) is 28.2 Å². The molecule has 2 rings (SSSR count). The monoisotopic (exact) mass is 312 g/mol. The van der Waals surface area contributed by atoms with Gasteiger partial charge in [0.2, 0.25) is 0 Å². The molecule has 1 aliphatic rings. The Kier molecular flexibility index (Phi) is 4.53. The molecule has 1 atom stereocenters. The van der Waals surface area contributed by atoms with Crippen molar-refractivity contribution in [1.29, 1.82) is 0 Å². The van der Waals surface area contributed by atoms with E-state index in [1.54, 1.807) is 7.05 Å². The number of sulfone groups is 1. The number of hydrogen-bond donors (Lipinski definition) is 1. The molecule has 1 saturated heterocycles. The highest BCUT2D eigenvalue weighted by Crippen LogP contribution is 2.19. The van der Waals surface area contributed by atoms with E-state index in [4.69, 9.17) is 10.5 Å². The maximum atomic E-state index is 12.4. The highest BCUT2D eigenvalue weighted by molar-refractivity contribution is 7.90. The Hall–Kier alpha value is -1.60. The largest absolute Gasteiger partial charge is 0.399 e. The average molecular weight is 312 g/mol. The van der Waals surface area contributed by atoms with Crippen LogP contribution in [0.4, 0.5) is 5.69 Å². The summed E-state index contributed by atoms with van der Waals surface area (Å²) < 4.78 is 28.7. The Morgan fingerprint density at radius 3 is 2.71 bits per heavy atom. The van der Waals surface area contributed by atoms with Gasteiger partial charge >= 0.3 is 0 Å². The van der Waals surface area contributed by atoms with Gasteiger partial charge in [0.15, 0.2) is 9.84 Å². The van der Waals surface area contributed by atoms with Gasteiger partial charge in [0.1, 0.15) is 0 Å². The first-order chi connectivity index (χ1) is 9.77. The number of benzene rings is 1. The van der Waals surface area contributed by atoms with Crippen LogP contribution in [0.1, 0.15) is 23.2 Å². The van der Waals surface area contributed by atoms with Gasteiger partial charge in [0, 0.05) is 37.7 Å². The first kappa shape index (κ1) is 15.8. The zero-order chi connectivity index (χ0) is 15.6. The Bertz CT molecular complexity index is 636. The number of amides is 1. The molecule has 6 nitrogen and oxygen atoms in total. The molecule has 0 radical (unpaired) electrons. The molecule has 0 bridgehead atoms. The van der Waals surface area contributed by atoms with Gasteiger partial charge in [-0.05, 0) is 31.0 Å². The van der Waals surface area contributed by atoms with Gasteiger partial charge < -0.3 is 15.4 Å². The lowest BCUT2D eigenvalue weighted by atomic mass is 10.1. The van der Waals surface area contributed by atoms with E-state index in [0.717, 1.165) is 25.7 Å². The molecule has 116 valence electrons. The minimum Gasteiger partial charge on any atom is -0.399 e. The van der Waals surface area contributed by atoms with Crippen LogP contribution < -0.4 is 5.73 Å². The van der Waals surface area contributed by atoms with Gasteiger partial charge in [0.05, 0.1) is 11.0 Å². The molecule has 1 unspecified atom stereocenters. The molecule has 7 heteroatoms. The lowest BCUT2D eigenvalue weighted by Gasteiger charge is -2.21. The summed E-state index contributed by atoms with van der Waals surface area (Å²) in [6, 6.07) is 4.20. The summed E-state index contributed by atoms with van der Waals surface area (Å²) in [5.74, 6) is -0.261. The second-order valence-electron chi connectivity index (χ2n) is 5.38. The predicted molar refractivity (Wildman–Crippen MR) is 79.9 cm³/mol. The van der Waals surface area contributed by atoms with Crippen LogP contribution in [0.3, 0.4) is 0 Å². The van der Waals surface area contributed by atoms with E-state index in [1.165, 1.54) is 23.1 Å². The molecular weight excluding hydrogens is 292 g/mol. The van der Waals surface area contributed by atoms with Crippen molar-refractivity contribution < 1.29 is 17.9 Å². The SMILES string of the molecule is CN(CC1CCCO1)C(=O)c1cc(N)cc(S(C)(=O)=O)c1.